The quantitative estimate of drug-likeness (QED) is 0.798. The first-order valence-corrected chi connectivity index (χ1v) is 4.82. The van der Waals surface area contributed by atoms with Crippen LogP contribution in [-0.2, 0) is 0 Å². The van der Waals surface area contributed by atoms with Crippen LogP contribution in [0.3, 0.4) is 0 Å². The third-order valence-electron chi connectivity index (χ3n) is 2.03. The second-order valence-corrected chi connectivity index (χ2v) is 3.29. The molecule has 0 saturated heterocycles. The summed E-state index contributed by atoms with van der Waals surface area (Å²) in [5.74, 6) is -0.249. The fourth-order valence-electron chi connectivity index (χ4n) is 1.39. The Morgan fingerprint density at radius 1 is 1.00 bits per heavy atom. The lowest BCUT2D eigenvalue weighted by atomic mass is 10.1. The van der Waals surface area contributed by atoms with Crippen LogP contribution in [0.15, 0.2) is 48.7 Å². The summed E-state index contributed by atoms with van der Waals surface area (Å²) >= 11 is 0. The van der Waals surface area contributed by atoms with Crippen molar-refractivity contribution < 1.29 is 17.9 Å². The minimum Gasteiger partial charge on any atom is -0.406 e. The molecule has 2 rings (SSSR count). The lowest BCUT2D eigenvalue weighted by Gasteiger charge is -2.09. The van der Waals surface area contributed by atoms with E-state index in [0.29, 0.717) is 11.3 Å². The van der Waals surface area contributed by atoms with E-state index in [-0.39, 0.29) is 5.75 Å². The van der Waals surface area contributed by atoms with Crippen LogP contribution in [0.1, 0.15) is 0 Å². The summed E-state index contributed by atoms with van der Waals surface area (Å²) in [6.07, 6.45) is -3.10. The van der Waals surface area contributed by atoms with E-state index < -0.39 is 6.36 Å². The van der Waals surface area contributed by atoms with Crippen molar-refractivity contribution in [3.63, 3.8) is 0 Å². The predicted octanol–water partition coefficient (Wildman–Crippen LogP) is 3.65. The molecule has 0 saturated carbocycles. The molecule has 0 amide bonds. The molecule has 0 unspecified atom stereocenters. The van der Waals surface area contributed by atoms with Crippen LogP contribution >= 0.6 is 0 Å². The van der Waals surface area contributed by atoms with E-state index in [1.54, 1.807) is 30.5 Å². The highest BCUT2D eigenvalue weighted by atomic mass is 19.4. The van der Waals surface area contributed by atoms with Crippen molar-refractivity contribution in [3.8, 4) is 17.0 Å². The van der Waals surface area contributed by atoms with Crippen LogP contribution in [0, 0.1) is 0 Å². The lowest BCUT2D eigenvalue weighted by molar-refractivity contribution is -0.274. The summed E-state index contributed by atoms with van der Waals surface area (Å²) in [6, 6.07) is 10.9. The number of alkyl halides is 3. The number of aromatic nitrogens is 1. The van der Waals surface area contributed by atoms with E-state index in [4.69, 9.17) is 0 Å². The Bertz CT molecular complexity index is 497. The SMILES string of the molecule is FC(F)(F)Oc1cccc(-c2ccccn2)c1. The summed E-state index contributed by atoms with van der Waals surface area (Å²) in [4.78, 5) is 4.05. The maximum absolute atomic E-state index is 12.0. The molecule has 2 aromatic rings. The zero-order valence-electron chi connectivity index (χ0n) is 8.61. The van der Waals surface area contributed by atoms with Gasteiger partial charge in [-0.3, -0.25) is 4.98 Å². The number of rotatable bonds is 2. The Balaban J connectivity index is 2.29. The molecule has 0 radical (unpaired) electrons. The van der Waals surface area contributed by atoms with E-state index >= 15 is 0 Å². The van der Waals surface area contributed by atoms with Crippen LogP contribution < -0.4 is 4.74 Å². The number of ether oxygens (including phenoxy) is 1. The highest BCUT2D eigenvalue weighted by Crippen LogP contribution is 2.26. The van der Waals surface area contributed by atoms with Crippen LogP contribution in [0.4, 0.5) is 13.2 Å². The number of pyridine rings is 1. The summed E-state index contributed by atoms with van der Waals surface area (Å²) < 4.78 is 39.9. The monoisotopic (exact) mass is 239 g/mol. The van der Waals surface area contributed by atoms with Gasteiger partial charge < -0.3 is 4.74 Å². The number of nitrogens with zero attached hydrogens (tertiary/aromatic N) is 1. The molecule has 0 bridgehead atoms. The van der Waals surface area contributed by atoms with Crippen molar-refractivity contribution in [3.05, 3.63) is 48.7 Å². The topological polar surface area (TPSA) is 22.1 Å². The molecule has 1 aromatic heterocycles. The first-order chi connectivity index (χ1) is 8.04. The zero-order valence-corrected chi connectivity index (χ0v) is 8.61. The number of halogens is 3. The van der Waals surface area contributed by atoms with Crippen molar-refractivity contribution in [2.24, 2.45) is 0 Å². The maximum atomic E-state index is 12.0. The van der Waals surface area contributed by atoms with Crippen molar-refractivity contribution in [2.75, 3.05) is 0 Å². The average molecular weight is 239 g/mol. The van der Waals surface area contributed by atoms with E-state index in [0.717, 1.165) is 0 Å². The second kappa shape index (κ2) is 4.45. The summed E-state index contributed by atoms with van der Waals surface area (Å²) in [5.41, 5.74) is 1.17. The van der Waals surface area contributed by atoms with E-state index in [1.165, 1.54) is 18.2 Å². The molecule has 0 fully saturated rings. The van der Waals surface area contributed by atoms with Gasteiger partial charge >= 0.3 is 6.36 Å². The number of hydrogen-bond acceptors (Lipinski definition) is 2. The van der Waals surface area contributed by atoms with Gasteiger partial charge in [0, 0.05) is 11.8 Å². The lowest BCUT2D eigenvalue weighted by Crippen LogP contribution is -2.17. The van der Waals surface area contributed by atoms with Gasteiger partial charge in [0.25, 0.3) is 0 Å². The molecule has 88 valence electrons. The van der Waals surface area contributed by atoms with Crippen LogP contribution in [0.25, 0.3) is 11.3 Å². The highest BCUT2D eigenvalue weighted by molar-refractivity contribution is 5.60. The van der Waals surface area contributed by atoms with Gasteiger partial charge in [-0.05, 0) is 24.3 Å². The fraction of sp³-hybridized carbons (Fsp3) is 0.0833. The molecule has 0 aliphatic heterocycles. The van der Waals surface area contributed by atoms with Gasteiger partial charge in [-0.25, -0.2) is 0 Å². The van der Waals surface area contributed by atoms with Crippen LogP contribution in [0.2, 0.25) is 0 Å². The molecule has 17 heavy (non-hydrogen) atoms. The average Bonchev–Trinajstić information content (AvgIpc) is 2.28. The zero-order chi connectivity index (χ0) is 12.3. The molecule has 2 nitrogen and oxygen atoms in total. The molecular weight excluding hydrogens is 231 g/mol. The third-order valence-corrected chi connectivity index (χ3v) is 2.03. The van der Waals surface area contributed by atoms with Gasteiger partial charge in [-0.2, -0.15) is 0 Å². The summed E-state index contributed by atoms with van der Waals surface area (Å²) in [5, 5.41) is 0. The van der Waals surface area contributed by atoms with Gasteiger partial charge in [0.05, 0.1) is 5.69 Å². The predicted molar refractivity (Wildman–Crippen MR) is 56.4 cm³/mol. The number of benzene rings is 1. The van der Waals surface area contributed by atoms with Crippen molar-refractivity contribution in [1.82, 2.24) is 4.98 Å². The molecule has 0 atom stereocenters. The Labute approximate surface area is 95.7 Å². The van der Waals surface area contributed by atoms with Gasteiger partial charge in [0.1, 0.15) is 5.75 Å². The van der Waals surface area contributed by atoms with Crippen LogP contribution in [-0.4, -0.2) is 11.3 Å². The molecule has 0 aliphatic carbocycles. The van der Waals surface area contributed by atoms with E-state index in [9.17, 15) is 13.2 Å². The minimum atomic E-state index is -4.68. The van der Waals surface area contributed by atoms with Gasteiger partial charge in [0.15, 0.2) is 0 Å². The molecule has 1 aromatic carbocycles. The summed E-state index contributed by atoms with van der Waals surface area (Å²) in [7, 11) is 0. The Morgan fingerprint density at radius 2 is 1.82 bits per heavy atom. The molecular formula is C12H8F3NO. The van der Waals surface area contributed by atoms with Crippen molar-refractivity contribution in [1.29, 1.82) is 0 Å². The minimum absolute atomic E-state index is 0.249. The first-order valence-electron chi connectivity index (χ1n) is 4.82. The highest BCUT2D eigenvalue weighted by Gasteiger charge is 2.31. The molecule has 0 N–H and O–H groups in total. The van der Waals surface area contributed by atoms with E-state index in [2.05, 4.69) is 9.72 Å². The van der Waals surface area contributed by atoms with Crippen LogP contribution in [0.5, 0.6) is 5.75 Å². The standard InChI is InChI=1S/C12H8F3NO/c13-12(14,15)17-10-5-3-4-9(8-10)11-6-1-2-7-16-11/h1-8H. The molecule has 5 heteroatoms. The Kier molecular flexibility index (Phi) is 2.99. The van der Waals surface area contributed by atoms with Gasteiger partial charge in [-0.1, -0.05) is 18.2 Å². The largest absolute Gasteiger partial charge is 0.573 e. The normalized spacial score (nSPS) is 11.2. The molecule has 1 heterocycles. The first kappa shape index (κ1) is 11.4. The Morgan fingerprint density at radius 3 is 2.47 bits per heavy atom. The van der Waals surface area contributed by atoms with Crippen molar-refractivity contribution in [2.45, 2.75) is 6.36 Å². The maximum Gasteiger partial charge on any atom is 0.573 e. The van der Waals surface area contributed by atoms with E-state index in [1.807, 2.05) is 0 Å². The number of hydrogen-bond donors (Lipinski definition) is 0. The summed E-state index contributed by atoms with van der Waals surface area (Å²) in [6.45, 7) is 0. The van der Waals surface area contributed by atoms with Crippen molar-refractivity contribution >= 4 is 0 Å². The van der Waals surface area contributed by atoms with Gasteiger partial charge in [0.2, 0.25) is 0 Å². The fourth-order valence-corrected chi connectivity index (χ4v) is 1.39. The Hall–Kier alpha value is -2.04. The molecule has 0 aliphatic rings. The third kappa shape index (κ3) is 3.21. The second-order valence-electron chi connectivity index (χ2n) is 3.29. The smallest absolute Gasteiger partial charge is 0.406 e. The molecule has 0 spiro atoms. The van der Waals surface area contributed by atoms with Gasteiger partial charge in [-0.15, -0.1) is 13.2 Å².